The largest absolute Gasteiger partial charge is 0.489 e. The maximum absolute atomic E-state index is 13.0. The number of rotatable bonds is 7. The van der Waals surface area contributed by atoms with Crippen LogP contribution in [0, 0.1) is 0 Å². The molecule has 1 N–H and O–H groups in total. The van der Waals surface area contributed by atoms with Gasteiger partial charge < -0.3 is 14.4 Å². The molecule has 3 fully saturated rings. The van der Waals surface area contributed by atoms with Gasteiger partial charge in [0.15, 0.2) is 0 Å². The Balaban J connectivity index is 0.946. The van der Waals surface area contributed by atoms with Gasteiger partial charge >= 0.3 is 0 Å². The molecule has 1 unspecified atom stereocenters. The maximum Gasteiger partial charge on any atom is 0.255 e. The Hall–Kier alpha value is -4.02. The van der Waals surface area contributed by atoms with E-state index in [1.807, 2.05) is 23.0 Å². The average Bonchev–Trinajstić information content (AvgIpc) is 3.73. The van der Waals surface area contributed by atoms with Crippen molar-refractivity contribution >= 4 is 17.7 Å². The van der Waals surface area contributed by atoms with Crippen molar-refractivity contribution in [3.05, 3.63) is 77.1 Å². The van der Waals surface area contributed by atoms with Crippen LogP contribution in [-0.2, 0) is 27.4 Å². The third-order valence-corrected chi connectivity index (χ3v) is 8.90. The van der Waals surface area contributed by atoms with Gasteiger partial charge in [0.1, 0.15) is 17.9 Å². The quantitative estimate of drug-likeness (QED) is 0.436. The molecule has 10 nitrogen and oxygen atoms in total. The van der Waals surface area contributed by atoms with Crippen LogP contribution in [0.15, 0.2) is 54.9 Å². The van der Waals surface area contributed by atoms with Crippen molar-refractivity contribution in [2.45, 2.75) is 63.3 Å². The van der Waals surface area contributed by atoms with E-state index in [1.165, 1.54) is 5.56 Å². The van der Waals surface area contributed by atoms with Crippen LogP contribution in [-0.4, -0.2) is 75.8 Å². The Morgan fingerprint density at radius 2 is 1.90 bits per heavy atom. The Labute approximate surface area is 244 Å². The number of hydrogen-bond acceptors (Lipinski definition) is 7. The summed E-state index contributed by atoms with van der Waals surface area (Å²) >= 11 is 0. The lowest BCUT2D eigenvalue weighted by atomic mass is 9.91. The van der Waals surface area contributed by atoms with E-state index >= 15 is 0 Å². The number of aromatic nitrogens is 2. The summed E-state index contributed by atoms with van der Waals surface area (Å²) in [6, 6.07) is 13.6. The number of piperidine rings is 1. The molecule has 218 valence electrons. The van der Waals surface area contributed by atoms with Gasteiger partial charge in [-0.05, 0) is 73.1 Å². The number of likely N-dealkylation sites (tertiary alicyclic amines) is 1. The van der Waals surface area contributed by atoms with E-state index in [1.54, 1.807) is 11.0 Å². The summed E-state index contributed by atoms with van der Waals surface area (Å²) in [5.74, 6) is 0.422. The Kier molecular flexibility index (Phi) is 7.25. The number of nitrogens with one attached hydrogen (secondary N) is 1. The molecule has 1 aromatic heterocycles. The highest BCUT2D eigenvalue weighted by atomic mass is 16.5. The van der Waals surface area contributed by atoms with Crippen LogP contribution in [0.1, 0.15) is 65.1 Å². The summed E-state index contributed by atoms with van der Waals surface area (Å²) in [6.45, 7) is 4.55. The second kappa shape index (κ2) is 11.3. The van der Waals surface area contributed by atoms with E-state index in [0.717, 1.165) is 74.7 Å². The zero-order chi connectivity index (χ0) is 28.6. The highest BCUT2D eigenvalue weighted by molar-refractivity contribution is 6.05. The van der Waals surface area contributed by atoms with Crippen LogP contribution < -0.4 is 10.1 Å². The lowest BCUT2D eigenvalue weighted by Gasteiger charge is -2.29. The molecule has 2 aromatic carbocycles. The van der Waals surface area contributed by atoms with Gasteiger partial charge in [0.2, 0.25) is 11.8 Å². The number of hydrogen-bond donors (Lipinski definition) is 1. The average molecular weight is 570 g/mol. The normalized spacial score (nSPS) is 23.3. The number of carbonyl (C=O) groups excluding carboxylic acids is 3. The summed E-state index contributed by atoms with van der Waals surface area (Å²) in [5.41, 5.74) is 5.04. The molecule has 0 aliphatic carbocycles. The fraction of sp³-hybridized carbons (Fsp3) is 0.438. The highest BCUT2D eigenvalue weighted by Crippen LogP contribution is 2.32. The first kappa shape index (κ1) is 26.9. The number of imide groups is 1. The number of ether oxygens (including phenoxy) is 2. The van der Waals surface area contributed by atoms with Gasteiger partial charge in [-0.2, -0.15) is 5.10 Å². The third-order valence-electron chi connectivity index (χ3n) is 8.90. The Morgan fingerprint density at radius 3 is 2.76 bits per heavy atom. The second-order valence-corrected chi connectivity index (χ2v) is 11.8. The van der Waals surface area contributed by atoms with E-state index in [2.05, 4.69) is 45.8 Å². The number of carbonyl (C=O) groups is 3. The molecule has 0 bridgehead atoms. The number of nitrogens with zero attached hydrogens (tertiary/aromatic N) is 4. The molecule has 3 amide bonds. The van der Waals surface area contributed by atoms with Crippen LogP contribution in [0.5, 0.6) is 5.75 Å². The molecule has 42 heavy (non-hydrogen) atoms. The molecule has 3 saturated heterocycles. The first-order chi connectivity index (χ1) is 20.5. The molecule has 10 heteroatoms. The Morgan fingerprint density at radius 1 is 1.02 bits per heavy atom. The van der Waals surface area contributed by atoms with Crippen molar-refractivity contribution < 1.29 is 23.9 Å². The minimum absolute atomic E-state index is 0.0533. The summed E-state index contributed by atoms with van der Waals surface area (Å²) in [7, 11) is 0. The number of benzene rings is 2. The van der Waals surface area contributed by atoms with Gasteiger partial charge in [-0.25, -0.2) is 4.68 Å². The van der Waals surface area contributed by atoms with Gasteiger partial charge in [-0.1, -0.05) is 12.1 Å². The SMILES string of the molecule is O=C1CCC(N2Cc3cc(O[C@H]4CCN(Cc5cnn(-c6cccc(C7CCOCC7)c6)c5)C4)ccc3C2=O)C(=O)N1. The van der Waals surface area contributed by atoms with Gasteiger partial charge in [0.05, 0.1) is 11.9 Å². The van der Waals surface area contributed by atoms with Crippen molar-refractivity contribution in [1.29, 1.82) is 0 Å². The first-order valence-electron chi connectivity index (χ1n) is 14.9. The third kappa shape index (κ3) is 5.44. The van der Waals surface area contributed by atoms with Crippen LogP contribution >= 0.6 is 0 Å². The van der Waals surface area contributed by atoms with Crippen molar-refractivity contribution in [1.82, 2.24) is 24.9 Å². The van der Waals surface area contributed by atoms with Gasteiger partial charge in [-0.3, -0.25) is 24.6 Å². The predicted octanol–water partition coefficient (Wildman–Crippen LogP) is 3.18. The smallest absolute Gasteiger partial charge is 0.255 e. The van der Waals surface area contributed by atoms with E-state index in [4.69, 9.17) is 9.47 Å². The van der Waals surface area contributed by atoms with Crippen LogP contribution in [0.25, 0.3) is 5.69 Å². The summed E-state index contributed by atoms with van der Waals surface area (Å²) < 4.78 is 13.8. The predicted molar refractivity (Wildman–Crippen MR) is 153 cm³/mol. The molecule has 7 rings (SSSR count). The molecule has 4 aliphatic heterocycles. The molecule has 4 aliphatic rings. The summed E-state index contributed by atoms with van der Waals surface area (Å²) in [5, 5.41) is 7.00. The zero-order valence-electron chi connectivity index (χ0n) is 23.5. The molecular weight excluding hydrogens is 534 g/mol. The minimum Gasteiger partial charge on any atom is -0.489 e. The lowest BCUT2D eigenvalue weighted by Crippen LogP contribution is -2.52. The molecule has 3 aromatic rings. The number of fused-ring (bicyclic) bond motifs is 1. The molecular formula is C32H35N5O5. The molecule has 0 saturated carbocycles. The molecule has 2 atom stereocenters. The lowest BCUT2D eigenvalue weighted by molar-refractivity contribution is -0.136. The first-order valence-corrected chi connectivity index (χ1v) is 14.9. The monoisotopic (exact) mass is 569 g/mol. The molecule has 0 radical (unpaired) electrons. The van der Waals surface area contributed by atoms with Gasteiger partial charge in [0, 0.05) is 63.1 Å². The Bertz CT molecular complexity index is 1510. The van der Waals surface area contributed by atoms with Crippen molar-refractivity contribution in [2.24, 2.45) is 0 Å². The second-order valence-electron chi connectivity index (χ2n) is 11.8. The highest BCUT2D eigenvalue weighted by Gasteiger charge is 2.39. The van der Waals surface area contributed by atoms with E-state index in [9.17, 15) is 14.4 Å². The van der Waals surface area contributed by atoms with Gasteiger partial charge in [-0.15, -0.1) is 0 Å². The molecule has 0 spiro atoms. The van der Waals surface area contributed by atoms with Crippen LogP contribution in [0.4, 0.5) is 0 Å². The summed E-state index contributed by atoms with van der Waals surface area (Å²) in [4.78, 5) is 40.8. The molecule has 5 heterocycles. The van der Waals surface area contributed by atoms with Gasteiger partial charge in [0.25, 0.3) is 5.91 Å². The van der Waals surface area contributed by atoms with Crippen molar-refractivity contribution in [2.75, 3.05) is 26.3 Å². The van der Waals surface area contributed by atoms with E-state index in [-0.39, 0.29) is 24.3 Å². The minimum atomic E-state index is -0.615. The summed E-state index contributed by atoms with van der Waals surface area (Å²) in [6.07, 6.45) is 7.76. The fourth-order valence-electron chi connectivity index (χ4n) is 6.65. The van der Waals surface area contributed by atoms with E-state index in [0.29, 0.717) is 24.4 Å². The topological polar surface area (TPSA) is 106 Å². The maximum atomic E-state index is 13.0. The van der Waals surface area contributed by atoms with Crippen LogP contribution in [0.3, 0.4) is 0 Å². The van der Waals surface area contributed by atoms with Crippen LogP contribution in [0.2, 0.25) is 0 Å². The number of amides is 3. The van der Waals surface area contributed by atoms with Crippen molar-refractivity contribution in [3.8, 4) is 11.4 Å². The van der Waals surface area contributed by atoms with Crippen molar-refractivity contribution in [3.63, 3.8) is 0 Å². The fourth-order valence-corrected chi connectivity index (χ4v) is 6.65. The zero-order valence-corrected chi connectivity index (χ0v) is 23.5. The standard InChI is InChI=1S/C32H35N5O5/c38-30-7-6-29(31(39)34-30)36-19-24-15-26(4-5-28(24)32(36)40)42-27-8-11-35(20-27)17-21-16-33-37(18-21)25-3-1-2-23(14-25)22-9-12-41-13-10-22/h1-5,14-16,18,22,27,29H,6-13,17,19-20H2,(H,34,38,39)/t27-,29?/m0/s1. The van der Waals surface area contributed by atoms with E-state index < -0.39 is 11.9 Å².